The molecule has 29 heavy (non-hydrogen) atoms. The quantitative estimate of drug-likeness (QED) is 0.321. The monoisotopic (exact) mass is 433 g/mol. The van der Waals surface area contributed by atoms with Crippen molar-refractivity contribution in [3.63, 3.8) is 0 Å². The zero-order valence-corrected chi connectivity index (χ0v) is 16.1. The Labute approximate surface area is 168 Å². The van der Waals surface area contributed by atoms with Crippen LogP contribution in [0, 0.1) is 12.7 Å². The minimum atomic E-state index is -5.03. The number of hydrogen-bond donors (Lipinski definition) is 1. The van der Waals surface area contributed by atoms with E-state index in [0.717, 1.165) is 18.3 Å². The molecule has 0 aliphatic heterocycles. The number of nitrogens with two attached hydrogens (primary N) is 1. The molecule has 0 radical (unpaired) electrons. The zero-order chi connectivity index (χ0) is 21.8. The number of alkyl halides is 3. The number of aryl methyl sites for hydroxylation is 1. The third kappa shape index (κ3) is 5.80. The van der Waals surface area contributed by atoms with Gasteiger partial charge in [0.15, 0.2) is 17.4 Å². The van der Waals surface area contributed by atoms with Crippen molar-refractivity contribution in [2.45, 2.75) is 26.6 Å². The van der Waals surface area contributed by atoms with Crippen LogP contribution in [0.5, 0.6) is 5.75 Å². The van der Waals surface area contributed by atoms with Crippen LogP contribution in [0.4, 0.5) is 17.6 Å². The van der Waals surface area contributed by atoms with E-state index in [1.54, 1.807) is 13.8 Å². The van der Waals surface area contributed by atoms with Gasteiger partial charge in [-0.1, -0.05) is 17.7 Å². The van der Waals surface area contributed by atoms with Gasteiger partial charge in [0.05, 0.1) is 6.61 Å². The van der Waals surface area contributed by atoms with Crippen LogP contribution in [-0.4, -0.2) is 28.9 Å². The number of carbonyl (C=O) groups is 1. The van der Waals surface area contributed by atoms with Crippen LogP contribution in [-0.2, 0) is 16.0 Å². The first-order valence-corrected chi connectivity index (χ1v) is 8.60. The first kappa shape index (κ1) is 22.4. The van der Waals surface area contributed by atoms with E-state index in [9.17, 15) is 22.4 Å². The van der Waals surface area contributed by atoms with Gasteiger partial charge in [0.1, 0.15) is 10.7 Å². The highest BCUT2D eigenvalue weighted by molar-refractivity contribution is 6.30. The SMILES string of the molecule is CCOC(=O)/C(=C/N)c1nc(C)c(Cc2ccc(F)c(OC(F)(F)F)c2)c(Cl)n1. The summed E-state index contributed by atoms with van der Waals surface area (Å²) < 4.78 is 59.3. The minimum Gasteiger partial charge on any atom is -0.462 e. The van der Waals surface area contributed by atoms with Crippen molar-refractivity contribution in [3.8, 4) is 5.75 Å². The molecule has 0 saturated carbocycles. The van der Waals surface area contributed by atoms with E-state index in [-0.39, 0.29) is 35.1 Å². The summed E-state index contributed by atoms with van der Waals surface area (Å²) in [6.07, 6.45) is -4.04. The van der Waals surface area contributed by atoms with Gasteiger partial charge < -0.3 is 15.2 Å². The molecule has 0 aliphatic rings. The van der Waals surface area contributed by atoms with E-state index in [1.165, 1.54) is 6.07 Å². The summed E-state index contributed by atoms with van der Waals surface area (Å²) in [5, 5.41) is -0.0428. The summed E-state index contributed by atoms with van der Waals surface area (Å²) in [5.74, 6) is -2.91. The molecule has 0 unspecified atom stereocenters. The number of ether oxygens (including phenoxy) is 2. The average Bonchev–Trinajstić information content (AvgIpc) is 2.60. The third-order valence-corrected chi connectivity index (χ3v) is 3.98. The van der Waals surface area contributed by atoms with Crippen molar-refractivity contribution in [1.82, 2.24) is 9.97 Å². The fraction of sp³-hybridized carbons (Fsp3) is 0.278. The smallest absolute Gasteiger partial charge is 0.462 e. The lowest BCUT2D eigenvalue weighted by Gasteiger charge is -2.13. The molecule has 0 bridgehead atoms. The second-order valence-corrected chi connectivity index (χ2v) is 6.05. The largest absolute Gasteiger partial charge is 0.573 e. The van der Waals surface area contributed by atoms with Crippen LogP contribution in [0.3, 0.4) is 0 Å². The summed E-state index contributed by atoms with van der Waals surface area (Å²) in [7, 11) is 0. The van der Waals surface area contributed by atoms with Crippen LogP contribution in [0.15, 0.2) is 24.4 Å². The number of hydrogen-bond acceptors (Lipinski definition) is 6. The van der Waals surface area contributed by atoms with Crippen LogP contribution < -0.4 is 10.5 Å². The summed E-state index contributed by atoms with van der Waals surface area (Å²) in [6.45, 7) is 3.31. The second kappa shape index (κ2) is 9.08. The van der Waals surface area contributed by atoms with Crippen molar-refractivity contribution < 1.29 is 31.8 Å². The third-order valence-electron chi connectivity index (χ3n) is 3.67. The van der Waals surface area contributed by atoms with Crippen molar-refractivity contribution in [3.05, 3.63) is 58.0 Å². The fourth-order valence-corrected chi connectivity index (χ4v) is 2.67. The van der Waals surface area contributed by atoms with Gasteiger partial charge in [-0.15, -0.1) is 13.2 Å². The average molecular weight is 434 g/mol. The molecule has 156 valence electrons. The maximum Gasteiger partial charge on any atom is 0.573 e. The Morgan fingerprint density at radius 1 is 1.31 bits per heavy atom. The van der Waals surface area contributed by atoms with Gasteiger partial charge in [-0.2, -0.15) is 0 Å². The van der Waals surface area contributed by atoms with E-state index in [1.807, 2.05) is 0 Å². The maximum atomic E-state index is 13.6. The number of aromatic nitrogens is 2. The molecule has 6 nitrogen and oxygen atoms in total. The molecule has 0 amide bonds. The Kier molecular flexibility index (Phi) is 7.02. The van der Waals surface area contributed by atoms with Gasteiger partial charge >= 0.3 is 12.3 Å². The van der Waals surface area contributed by atoms with Crippen LogP contribution in [0.25, 0.3) is 5.57 Å². The number of halogens is 5. The van der Waals surface area contributed by atoms with Gasteiger partial charge in [-0.05, 0) is 31.5 Å². The van der Waals surface area contributed by atoms with Gasteiger partial charge in [0.25, 0.3) is 0 Å². The van der Waals surface area contributed by atoms with E-state index in [0.29, 0.717) is 11.3 Å². The molecule has 2 aromatic rings. The number of benzene rings is 1. The molecule has 0 saturated heterocycles. The predicted molar refractivity (Wildman–Crippen MR) is 96.5 cm³/mol. The van der Waals surface area contributed by atoms with Gasteiger partial charge in [-0.25, -0.2) is 19.2 Å². The Morgan fingerprint density at radius 2 is 2.00 bits per heavy atom. The lowest BCUT2D eigenvalue weighted by Crippen LogP contribution is -2.18. The Balaban J connectivity index is 2.36. The van der Waals surface area contributed by atoms with Gasteiger partial charge in [0, 0.05) is 23.9 Å². The number of esters is 1. The molecule has 1 aromatic carbocycles. The molecule has 0 atom stereocenters. The van der Waals surface area contributed by atoms with E-state index in [4.69, 9.17) is 22.1 Å². The lowest BCUT2D eigenvalue weighted by molar-refractivity contribution is -0.275. The number of carbonyl (C=O) groups excluding carboxylic acids is 1. The van der Waals surface area contributed by atoms with Crippen LogP contribution in [0.1, 0.15) is 29.6 Å². The number of nitrogens with zero attached hydrogens (tertiary/aromatic N) is 2. The summed E-state index contributed by atoms with van der Waals surface area (Å²) in [5.41, 5.74) is 6.37. The van der Waals surface area contributed by atoms with E-state index in [2.05, 4.69) is 14.7 Å². The van der Waals surface area contributed by atoms with Crippen LogP contribution in [0.2, 0.25) is 5.15 Å². The Morgan fingerprint density at radius 3 is 2.55 bits per heavy atom. The van der Waals surface area contributed by atoms with Crippen molar-refractivity contribution >= 4 is 23.1 Å². The molecule has 2 N–H and O–H groups in total. The normalized spacial score (nSPS) is 12.0. The second-order valence-electron chi connectivity index (χ2n) is 5.69. The van der Waals surface area contributed by atoms with E-state index < -0.39 is 23.9 Å². The fourth-order valence-electron chi connectivity index (χ4n) is 2.39. The van der Waals surface area contributed by atoms with Gasteiger partial charge in [0.2, 0.25) is 0 Å². The molecule has 1 aromatic heterocycles. The Bertz CT molecular complexity index is 925. The van der Waals surface area contributed by atoms with Crippen molar-refractivity contribution in [2.75, 3.05) is 6.61 Å². The molecular formula is C18H16ClF4N3O3. The first-order chi connectivity index (χ1) is 13.6. The topological polar surface area (TPSA) is 87.3 Å². The first-order valence-electron chi connectivity index (χ1n) is 8.22. The van der Waals surface area contributed by atoms with Gasteiger partial charge in [-0.3, -0.25) is 0 Å². The summed E-state index contributed by atoms with van der Waals surface area (Å²) in [6, 6.07) is 3.05. The maximum absolute atomic E-state index is 13.6. The van der Waals surface area contributed by atoms with Crippen molar-refractivity contribution in [1.29, 1.82) is 0 Å². The number of rotatable bonds is 6. The molecule has 0 aliphatic carbocycles. The molecule has 1 heterocycles. The van der Waals surface area contributed by atoms with Crippen LogP contribution >= 0.6 is 11.6 Å². The minimum absolute atomic E-state index is 0.000519. The predicted octanol–water partition coefficient (Wildman–Crippen LogP) is 3.93. The summed E-state index contributed by atoms with van der Waals surface area (Å²) >= 11 is 6.19. The highest BCUT2D eigenvalue weighted by Crippen LogP contribution is 2.29. The zero-order valence-electron chi connectivity index (χ0n) is 15.3. The molecule has 11 heteroatoms. The molecular weight excluding hydrogens is 418 g/mol. The van der Waals surface area contributed by atoms with E-state index >= 15 is 0 Å². The standard InChI is InChI=1S/C18H16ClF4N3O3/c1-3-28-17(27)12(8-24)16-25-9(2)11(15(19)26-16)6-10-4-5-13(20)14(7-10)29-18(21,22)23/h4-5,7-8H,3,6,24H2,1-2H3/b12-8+. The highest BCUT2D eigenvalue weighted by Gasteiger charge is 2.32. The Hall–Kier alpha value is -2.88. The summed E-state index contributed by atoms with van der Waals surface area (Å²) in [4.78, 5) is 20.1. The molecule has 2 rings (SSSR count). The van der Waals surface area contributed by atoms with Crippen molar-refractivity contribution in [2.24, 2.45) is 5.73 Å². The highest BCUT2D eigenvalue weighted by atomic mass is 35.5. The molecule has 0 fully saturated rings. The molecule has 0 spiro atoms. The lowest BCUT2D eigenvalue weighted by atomic mass is 10.0.